The van der Waals surface area contributed by atoms with E-state index in [0.29, 0.717) is 22.7 Å². The molecule has 2 aromatic carbocycles. The topological polar surface area (TPSA) is 84.5 Å². The third kappa shape index (κ3) is 5.24. The Hall–Kier alpha value is -3.10. The van der Waals surface area contributed by atoms with Gasteiger partial charge in [0.1, 0.15) is 5.75 Å². The summed E-state index contributed by atoms with van der Waals surface area (Å²) in [4.78, 5) is 13.2. The van der Waals surface area contributed by atoms with E-state index in [1.54, 1.807) is 49.4 Å². The van der Waals surface area contributed by atoms with Gasteiger partial charge in [-0.3, -0.25) is 9.52 Å². The molecule has 0 saturated carbocycles. The fourth-order valence-corrected chi connectivity index (χ4v) is 4.58. The quantitative estimate of drug-likeness (QED) is 0.542. The number of thiophene rings is 1. The fourth-order valence-electron chi connectivity index (χ4n) is 2.62. The van der Waals surface area contributed by atoms with E-state index < -0.39 is 10.0 Å². The van der Waals surface area contributed by atoms with Crippen LogP contribution in [-0.2, 0) is 14.8 Å². The molecule has 2 N–H and O–H groups in total. The molecule has 0 atom stereocenters. The highest BCUT2D eigenvalue weighted by Gasteiger charge is 2.19. The van der Waals surface area contributed by atoms with E-state index in [-0.39, 0.29) is 10.8 Å². The molecule has 0 aliphatic carbocycles. The maximum atomic E-state index is 12.9. The van der Waals surface area contributed by atoms with E-state index in [4.69, 9.17) is 4.74 Å². The molecule has 0 aliphatic heterocycles. The maximum Gasteiger partial charge on any atom is 0.262 e. The number of benzene rings is 2. The normalized spacial score (nSPS) is 11.4. The molecular formula is C21H20N2O4S2. The number of sulfonamides is 1. The van der Waals surface area contributed by atoms with Crippen molar-refractivity contribution in [3.63, 3.8) is 0 Å². The Kier molecular flexibility index (Phi) is 6.36. The number of aryl methyl sites for hydroxylation is 1. The van der Waals surface area contributed by atoms with Crippen molar-refractivity contribution in [2.45, 2.75) is 11.8 Å². The lowest BCUT2D eigenvalue weighted by molar-refractivity contribution is -0.111. The first kappa shape index (κ1) is 20.6. The molecule has 0 aliphatic rings. The summed E-state index contributed by atoms with van der Waals surface area (Å²) in [5.41, 5.74) is 1.28. The second kappa shape index (κ2) is 8.93. The molecule has 0 bridgehead atoms. The van der Waals surface area contributed by atoms with Crippen molar-refractivity contribution in [3.8, 4) is 5.75 Å². The largest absolute Gasteiger partial charge is 0.495 e. The van der Waals surface area contributed by atoms with E-state index in [2.05, 4.69) is 10.0 Å². The van der Waals surface area contributed by atoms with Gasteiger partial charge in [0.2, 0.25) is 5.91 Å². The average Bonchev–Trinajstić information content (AvgIpc) is 3.21. The Labute approximate surface area is 173 Å². The number of methoxy groups -OCH3 is 1. The van der Waals surface area contributed by atoms with Gasteiger partial charge in [0.05, 0.1) is 17.7 Å². The molecule has 1 heterocycles. The monoisotopic (exact) mass is 428 g/mol. The van der Waals surface area contributed by atoms with Gasteiger partial charge in [0, 0.05) is 16.6 Å². The van der Waals surface area contributed by atoms with Crippen LogP contribution in [0.1, 0.15) is 10.4 Å². The minimum Gasteiger partial charge on any atom is -0.495 e. The van der Waals surface area contributed by atoms with Crippen molar-refractivity contribution in [1.29, 1.82) is 0 Å². The number of nitrogens with one attached hydrogen (secondary N) is 2. The first-order valence-corrected chi connectivity index (χ1v) is 11.0. The van der Waals surface area contributed by atoms with Gasteiger partial charge in [-0.25, -0.2) is 8.42 Å². The molecule has 1 amide bonds. The molecule has 0 unspecified atom stereocenters. The number of carbonyl (C=O) groups excluding carboxylic acids is 1. The average molecular weight is 429 g/mol. The molecule has 29 heavy (non-hydrogen) atoms. The Morgan fingerprint density at radius 1 is 1.10 bits per heavy atom. The van der Waals surface area contributed by atoms with Crippen molar-refractivity contribution < 1.29 is 17.9 Å². The molecule has 150 valence electrons. The predicted octanol–water partition coefficient (Wildman–Crippen LogP) is 4.52. The van der Waals surface area contributed by atoms with Crippen LogP contribution in [0.2, 0.25) is 0 Å². The Balaban J connectivity index is 1.81. The summed E-state index contributed by atoms with van der Waals surface area (Å²) in [6.07, 6.45) is 3.11. The summed E-state index contributed by atoms with van der Waals surface area (Å²) in [5, 5.41) is 4.61. The number of hydrogen-bond acceptors (Lipinski definition) is 5. The first-order chi connectivity index (χ1) is 13.9. The van der Waals surface area contributed by atoms with Gasteiger partial charge in [0.25, 0.3) is 10.0 Å². The second-order valence-electron chi connectivity index (χ2n) is 6.12. The van der Waals surface area contributed by atoms with Gasteiger partial charge in [-0.05, 0) is 54.3 Å². The molecule has 0 radical (unpaired) electrons. The van der Waals surface area contributed by atoms with Crippen LogP contribution in [0.25, 0.3) is 6.08 Å². The Morgan fingerprint density at radius 3 is 2.62 bits per heavy atom. The lowest BCUT2D eigenvalue weighted by Gasteiger charge is -2.14. The van der Waals surface area contributed by atoms with Gasteiger partial charge >= 0.3 is 0 Å². The standard InChI is InChI=1S/C21H20N2O4S2/c1-15-9-10-16(22-21(24)12-11-17-6-5-13-28-17)14-20(15)29(25,26)23-18-7-3-4-8-19(18)27-2/h3-14,23H,1-2H3,(H,22,24). The van der Waals surface area contributed by atoms with E-state index in [1.165, 1.54) is 30.6 Å². The Bertz CT molecular complexity index is 1140. The van der Waals surface area contributed by atoms with E-state index in [0.717, 1.165) is 4.88 Å². The van der Waals surface area contributed by atoms with Crippen LogP contribution in [0, 0.1) is 6.92 Å². The molecule has 3 aromatic rings. The second-order valence-corrected chi connectivity index (χ2v) is 8.75. The molecule has 3 rings (SSSR count). The summed E-state index contributed by atoms with van der Waals surface area (Å²) < 4.78 is 33.6. The number of rotatable bonds is 7. The highest BCUT2D eigenvalue weighted by atomic mass is 32.2. The molecule has 0 saturated heterocycles. The van der Waals surface area contributed by atoms with Gasteiger partial charge in [-0.1, -0.05) is 24.3 Å². The number of para-hydroxylation sites is 2. The lowest BCUT2D eigenvalue weighted by Crippen LogP contribution is -2.16. The summed E-state index contributed by atoms with van der Waals surface area (Å²) in [5.74, 6) is 0.0696. The predicted molar refractivity (Wildman–Crippen MR) is 117 cm³/mol. The number of anilines is 2. The van der Waals surface area contributed by atoms with Crippen LogP contribution in [0.5, 0.6) is 5.75 Å². The smallest absolute Gasteiger partial charge is 0.262 e. The highest BCUT2D eigenvalue weighted by Crippen LogP contribution is 2.28. The summed E-state index contributed by atoms with van der Waals surface area (Å²) in [6, 6.07) is 15.3. The molecule has 8 heteroatoms. The highest BCUT2D eigenvalue weighted by molar-refractivity contribution is 7.92. The van der Waals surface area contributed by atoms with Crippen LogP contribution >= 0.6 is 11.3 Å². The molecule has 6 nitrogen and oxygen atoms in total. The van der Waals surface area contributed by atoms with Crippen LogP contribution in [-0.4, -0.2) is 21.4 Å². The third-order valence-corrected chi connectivity index (χ3v) is 6.38. The van der Waals surface area contributed by atoms with Crippen molar-refractivity contribution >= 4 is 44.7 Å². The van der Waals surface area contributed by atoms with Gasteiger partial charge in [-0.15, -0.1) is 11.3 Å². The minimum atomic E-state index is -3.88. The molecule has 0 spiro atoms. The zero-order valence-corrected chi connectivity index (χ0v) is 17.5. The lowest BCUT2D eigenvalue weighted by atomic mass is 10.2. The third-order valence-electron chi connectivity index (χ3n) is 4.04. The zero-order chi connectivity index (χ0) is 20.9. The number of ether oxygens (including phenoxy) is 1. The van der Waals surface area contributed by atoms with Crippen molar-refractivity contribution in [3.05, 3.63) is 76.5 Å². The van der Waals surface area contributed by atoms with Gasteiger partial charge in [-0.2, -0.15) is 0 Å². The van der Waals surface area contributed by atoms with E-state index in [1.807, 2.05) is 17.5 Å². The number of amides is 1. The van der Waals surface area contributed by atoms with Crippen LogP contribution in [0.15, 0.2) is 70.9 Å². The summed E-state index contributed by atoms with van der Waals surface area (Å²) >= 11 is 1.52. The molecule has 1 aromatic heterocycles. The maximum absolute atomic E-state index is 12.9. The number of carbonyl (C=O) groups is 1. The SMILES string of the molecule is COc1ccccc1NS(=O)(=O)c1cc(NC(=O)C=Cc2cccs2)ccc1C. The minimum absolute atomic E-state index is 0.0726. The van der Waals surface area contributed by atoms with Crippen LogP contribution in [0.3, 0.4) is 0 Å². The van der Waals surface area contributed by atoms with Gasteiger partial charge < -0.3 is 10.1 Å². The molecular weight excluding hydrogens is 408 g/mol. The Morgan fingerprint density at radius 2 is 1.90 bits per heavy atom. The van der Waals surface area contributed by atoms with Crippen molar-refractivity contribution in [1.82, 2.24) is 0 Å². The first-order valence-electron chi connectivity index (χ1n) is 8.68. The van der Waals surface area contributed by atoms with Crippen molar-refractivity contribution in [2.24, 2.45) is 0 Å². The van der Waals surface area contributed by atoms with Gasteiger partial charge in [0.15, 0.2) is 0 Å². The van der Waals surface area contributed by atoms with Crippen LogP contribution < -0.4 is 14.8 Å². The number of hydrogen-bond donors (Lipinski definition) is 2. The zero-order valence-electron chi connectivity index (χ0n) is 15.9. The van der Waals surface area contributed by atoms with Crippen LogP contribution in [0.4, 0.5) is 11.4 Å². The molecule has 0 fully saturated rings. The van der Waals surface area contributed by atoms with Crippen molar-refractivity contribution in [2.75, 3.05) is 17.1 Å². The van der Waals surface area contributed by atoms with E-state index in [9.17, 15) is 13.2 Å². The summed E-state index contributed by atoms with van der Waals surface area (Å²) in [7, 11) is -2.41. The van der Waals surface area contributed by atoms with E-state index >= 15 is 0 Å². The summed E-state index contributed by atoms with van der Waals surface area (Å²) in [6.45, 7) is 1.69. The fraction of sp³-hybridized carbons (Fsp3) is 0.0952.